The van der Waals surface area contributed by atoms with Gasteiger partial charge in [0.05, 0.1) is 5.56 Å². The molecule has 17 heavy (non-hydrogen) atoms. The van der Waals surface area contributed by atoms with Crippen LogP contribution in [-0.2, 0) is 6.18 Å². The zero-order chi connectivity index (χ0) is 12.5. The normalized spacial score (nSPS) is 18.4. The summed E-state index contributed by atoms with van der Waals surface area (Å²) in [6.07, 6.45) is -2.32. The molecule has 0 bridgehead atoms. The summed E-state index contributed by atoms with van der Waals surface area (Å²) < 4.78 is 38.1. The third-order valence-corrected chi connectivity index (χ3v) is 3.79. The molecule has 1 nitrogen and oxygen atoms in total. The molecule has 1 aliphatic rings. The van der Waals surface area contributed by atoms with Gasteiger partial charge in [-0.2, -0.15) is 13.2 Å². The predicted octanol–water partition coefficient (Wildman–Crippen LogP) is 3.93. The van der Waals surface area contributed by atoms with Crippen LogP contribution in [-0.4, -0.2) is 13.1 Å². The number of rotatable bonds is 1. The Kier molecular flexibility index (Phi) is 3.78. The first-order valence-corrected chi connectivity index (χ1v) is 6.35. The zero-order valence-electron chi connectivity index (χ0n) is 9.15. The van der Waals surface area contributed by atoms with Crippen molar-refractivity contribution in [2.75, 3.05) is 13.1 Å². The molecule has 0 atom stereocenters. The molecule has 2 rings (SSSR count). The van der Waals surface area contributed by atoms with Crippen LogP contribution in [0.25, 0.3) is 0 Å². The van der Waals surface area contributed by atoms with Gasteiger partial charge in [-0.05, 0) is 49.5 Å². The maximum absolute atomic E-state index is 12.5. The molecule has 0 saturated carbocycles. The highest BCUT2D eigenvalue weighted by Crippen LogP contribution is 2.36. The molecule has 1 heterocycles. The smallest absolute Gasteiger partial charge is 0.317 e. The Labute approximate surface area is 107 Å². The molecule has 1 aromatic carbocycles. The van der Waals surface area contributed by atoms with E-state index in [1.54, 1.807) is 6.07 Å². The molecule has 1 aromatic rings. The molecule has 1 saturated heterocycles. The van der Waals surface area contributed by atoms with E-state index >= 15 is 0 Å². The van der Waals surface area contributed by atoms with Gasteiger partial charge >= 0.3 is 6.18 Å². The molecule has 1 aliphatic heterocycles. The monoisotopic (exact) mass is 307 g/mol. The lowest BCUT2D eigenvalue weighted by molar-refractivity contribution is -0.137. The third kappa shape index (κ3) is 3.01. The van der Waals surface area contributed by atoms with Crippen molar-refractivity contribution in [2.24, 2.45) is 0 Å². The largest absolute Gasteiger partial charge is 0.416 e. The van der Waals surface area contributed by atoms with Gasteiger partial charge in [0.2, 0.25) is 0 Å². The van der Waals surface area contributed by atoms with E-state index in [9.17, 15) is 13.2 Å². The van der Waals surface area contributed by atoms with E-state index < -0.39 is 11.7 Å². The fraction of sp³-hybridized carbons (Fsp3) is 0.500. The molecule has 1 fully saturated rings. The minimum atomic E-state index is -4.27. The van der Waals surface area contributed by atoms with Gasteiger partial charge in [-0.15, -0.1) is 0 Å². The van der Waals surface area contributed by atoms with Crippen LogP contribution in [0.15, 0.2) is 22.7 Å². The summed E-state index contributed by atoms with van der Waals surface area (Å²) in [7, 11) is 0. The first-order valence-electron chi connectivity index (χ1n) is 5.56. The van der Waals surface area contributed by atoms with E-state index in [1.807, 2.05) is 0 Å². The highest BCUT2D eigenvalue weighted by molar-refractivity contribution is 9.10. The second kappa shape index (κ2) is 4.98. The van der Waals surface area contributed by atoms with Crippen LogP contribution in [0.5, 0.6) is 0 Å². The number of benzene rings is 1. The van der Waals surface area contributed by atoms with Crippen LogP contribution in [0.1, 0.15) is 29.9 Å². The maximum atomic E-state index is 12.5. The lowest BCUT2D eigenvalue weighted by atomic mass is 9.90. The Morgan fingerprint density at radius 3 is 2.35 bits per heavy atom. The molecule has 0 aromatic heterocycles. The number of piperidine rings is 1. The molecule has 0 radical (unpaired) electrons. The Bertz CT molecular complexity index is 397. The summed E-state index contributed by atoms with van der Waals surface area (Å²) in [5.41, 5.74) is 0.390. The summed E-state index contributed by atoms with van der Waals surface area (Å²) in [6, 6.07) is 3.95. The standard InChI is InChI=1S/C12H13BrF3N/c13-11-7-9(12(14,15)16)1-2-10(11)8-3-5-17-6-4-8/h1-2,7-8,17H,3-6H2. The SMILES string of the molecule is FC(F)(F)c1ccc(C2CCNCC2)c(Br)c1. The van der Waals surface area contributed by atoms with Crippen LogP contribution in [0.4, 0.5) is 13.2 Å². The fourth-order valence-electron chi connectivity index (χ4n) is 2.17. The van der Waals surface area contributed by atoms with Gasteiger partial charge in [0.25, 0.3) is 0 Å². The number of halogens is 4. The number of alkyl halides is 3. The molecule has 0 spiro atoms. The average molecular weight is 308 g/mol. The minimum Gasteiger partial charge on any atom is -0.317 e. The molecule has 1 N–H and O–H groups in total. The first kappa shape index (κ1) is 12.9. The molecule has 0 aliphatic carbocycles. The number of hydrogen-bond acceptors (Lipinski definition) is 1. The van der Waals surface area contributed by atoms with Gasteiger partial charge in [-0.1, -0.05) is 22.0 Å². The average Bonchev–Trinajstić information content (AvgIpc) is 2.29. The molecule has 0 amide bonds. The summed E-state index contributed by atoms with van der Waals surface area (Å²) in [5, 5.41) is 3.24. The Morgan fingerprint density at radius 2 is 1.82 bits per heavy atom. The summed E-state index contributed by atoms with van der Waals surface area (Å²) >= 11 is 3.25. The van der Waals surface area contributed by atoms with Crippen molar-refractivity contribution in [3.05, 3.63) is 33.8 Å². The minimum absolute atomic E-state index is 0.355. The molecular formula is C12H13BrF3N. The van der Waals surface area contributed by atoms with Crippen LogP contribution in [0.3, 0.4) is 0 Å². The van der Waals surface area contributed by atoms with Crippen molar-refractivity contribution in [3.63, 3.8) is 0 Å². The summed E-state index contributed by atoms with van der Waals surface area (Å²) in [6.45, 7) is 1.86. The van der Waals surface area contributed by atoms with Crippen molar-refractivity contribution in [3.8, 4) is 0 Å². The zero-order valence-corrected chi connectivity index (χ0v) is 10.7. The van der Waals surface area contributed by atoms with Gasteiger partial charge in [0.15, 0.2) is 0 Å². The Morgan fingerprint density at radius 1 is 1.18 bits per heavy atom. The second-order valence-corrected chi connectivity index (χ2v) is 5.11. The lowest BCUT2D eigenvalue weighted by Crippen LogP contribution is -2.26. The van der Waals surface area contributed by atoms with E-state index in [4.69, 9.17) is 0 Å². The van der Waals surface area contributed by atoms with Crippen molar-refractivity contribution in [1.82, 2.24) is 5.32 Å². The van der Waals surface area contributed by atoms with Crippen LogP contribution < -0.4 is 5.32 Å². The van der Waals surface area contributed by atoms with Crippen molar-refractivity contribution < 1.29 is 13.2 Å². The highest BCUT2D eigenvalue weighted by atomic mass is 79.9. The van der Waals surface area contributed by atoms with Gasteiger partial charge in [0.1, 0.15) is 0 Å². The van der Waals surface area contributed by atoms with E-state index in [1.165, 1.54) is 12.1 Å². The summed E-state index contributed by atoms with van der Waals surface area (Å²) in [4.78, 5) is 0. The second-order valence-electron chi connectivity index (χ2n) is 4.26. The predicted molar refractivity (Wildman–Crippen MR) is 64.0 cm³/mol. The maximum Gasteiger partial charge on any atom is 0.416 e. The van der Waals surface area contributed by atoms with Crippen LogP contribution in [0, 0.1) is 0 Å². The summed E-state index contributed by atoms with van der Waals surface area (Å²) in [5.74, 6) is 0.355. The molecule has 5 heteroatoms. The first-order chi connectivity index (χ1) is 7.98. The fourth-order valence-corrected chi connectivity index (χ4v) is 2.87. The highest BCUT2D eigenvalue weighted by Gasteiger charge is 2.31. The van der Waals surface area contributed by atoms with Crippen molar-refractivity contribution in [1.29, 1.82) is 0 Å². The quantitative estimate of drug-likeness (QED) is 0.829. The lowest BCUT2D eigenvalue weighted by Gasteiger charge is -2.24. The van der Waals surface area contributed by atoms with E-state index in [-0.39, 0.29) is 0 Å². The van der Waals surface area contributed by atoms with E-state index in [2.05, 4.69) is 21.2 Å². The number of nitrogens with one attached hydrogen (secondary N) is 1. The van der Waals surface area contributed by atoms with Gasteiger partial charge in [-0.25, -0.2) is 0 Å². The Balaban J connectivity index is 2.25. The third-order valence-electron chi connectivity index (χ3n) is 3.11. The van der Waals surface area contributed by atoms with Gasteiger partial charge in [0, 0.05) is 4.47 Å². The Hall–Kier alpha value is -0.550. The van der Waals surface area contributed by atoms with E-state index in [0.29, 0.717) is 10.4 Å². The van der Waals surface area contributed by atoms with Crippen LogP contribution >= 0.6 is 15.9 Å². The van der Waals surface area contributed by atoms with Gasteiger partial charge < -0.3 is 5.32 Å². The van der Waals surface area contributed by atoms with Crippen molar-refractivity contribution in [2.45, 2.75) is 24.9 Å². The number of hydrogen-bond donors (Lipinski definition) is 1. The molecule has 0 unspecified atom stereocenters. The molecule has 94 valence electrons. The van der Waals surface area contributed by atoms with Gasteiger partial charge in [-0.3, -0.25) is 0 Å². The van der Waals surface area contributed by atoms with Crippen molar-refractivity contribution >= 4 is 15.9 Å². The topological polar surface area (TPSA) is 12.0 Å². The van der Waals surface area contributed by atoms with Crippen LogP contribution in [0.2, 0.25) is 0 Å². The molecular weight excluding hydrogens is 295 g/mol. The van der Waals surface area contributed by atoms with E-state index in [0.717, 1.165) is 31.5 Å².